The van der Waals surface area contributed by atoms with E-state index in [9.17, 15) is 9.59 Å². The van der Waals surface area contributed by atoms with Gasteiger partial charge >= 0.3 is 12.0 Å². The van der Waals surface area contributed by atoms with E-state index < -0.39 is 18.5 Å². The van der Waals surface area contributed by atoms with E-state index in [1.54, 1.807) is 12.3 Å². The molecule has 0 unspecified atom stereocenters. The number of urea groups is 1. The third-order valence-electron chi connectivity index (χ3n) is 1.53. The fraction of sp³-hybridized carbons (Fsp3) is 0.222. The summed E-state index contributed by atoms with van der Waals surface area (Å²) in [4.78, 5) is 25.1. The molecule has 0 saturated carbocycles. The molecule has 0 atom stereocenters. The van der Waals surface area contributed by atoms with Crippen molar-refractivity contribution in [3.8, 4) is 0 Å². The minimum atomic E-state index is -1.09. The summed E-state index contributed by atoms with van der Waals surface area (Å²) in [5.74, 6) is -1.09. The van der Waals surface area contributed by atoms with Gasteiger partial charge < -0.3 is 15.7 Å². The Morgan fingerprint density at radius 3 is 2.80 bits per heavy atom. The van der Waals surface area contributed by atoms with Gasteiger partial charge in [-0.25, -0.2) is 4.79 Å². The number of aliphatic carboxylic acids is 1. The van der Waals surface area contributed by atoms with Crippen molar-refractivity contribution in [2.45, 2.75) is 6.92 Å². The number of nitrogens with zero attached hydrogens (tertiary/aromatic N) is 1. The zero-order chi connectivity index (χ0) is 11.3. The van der Waals surface area contributed by atoms with Crippen LogP contribution in [-0.4, -0.2) is 28.6 Å². The molecule has 3 N–H and O–H groups in total. The summed E-state index contributed by atoms with van der Waals surface area (Å²) in [5, 5.41) is 13.0. The normalized spacial score (nSPS) is 9.40. The van der Waals surface area contributed by atoms with Gasteiger partial charge in [-0.3, -0.25) is 9.78 Å². The third-order valence-corrected chi connectivity index (χ3v) is 1.53. The van der Waals surface area contributed by atoms with Crippen molar-refractivity contribution in [2.24, 2.45) is 0 Å². The number of hydrogen-bond acceptors (Lipinski definition) is 3. The van der Waals surface area contributed by atoms with Crippen LogP contribution in [0.1, 0.15) is 5.56 Å². The van der Waals surface area contributed by atoms with E-state index in [2.05, 4.69) is 15.6 Å². The molecule has 6 nitrogen and oxygen atoms in total. The molecular formula is C9H11N3O3. The molecule has 0 spiro atoms. The van der Waals surface area contributed by atoms with E-state index >= 15 is 0 Å². The van der Waals surface area contributed by atoms with Gasteiger partial charge in [0.15, 0.2) is 0 Å². The number of carbonyl (C=O) groups is 2. The summed E-state index contributed by atoms with van der Waals surface area (Å²) < 4.78 is 0. The molecule has 0 aromatic carbocycles. The van der Waals surface area contributed by atoms with E-state index in [0.29, 0.717) is 5.69 Å². The van der Waals surface area contributed by atoms with E-state index in [1.807, 2.05) is 6.92 Å². The van der Waals surface area contributed by atoms with Crippen molar-refractivity contribution in [3.05, 3.63) is 24.0 Å². The molecule has 0 saturated heterocycles. The van der Waals surface area contributed by atoms with Crippen LogP contribution in [0, 0.1) is 6.92 Å². The number of nitrogens with one attached hydrogen (secondary N) is 2. The predicted octanol–water partition coefficient (Wildman–Crippen LogP) is 0.596. The predicted molar refractivity (Wildman–Crippen MR) is 53.6 cm³/mol. The van der Waals surface area contributed by atoms with Gasteiger partial charge in [0.2, 0.25) is 0 Å². The van der Waals surface area contributed by atoms with Crippen LogP contribution in [0.15, 0.2) is 18.5 Å². The van der Waals surface area contributed by atoms with Gasteiger partial charge in [0.1, 0.15) is 6.54 Å². The average molecular weight is 209 g/mol. The summed E-state index contributed by atoms with van der Waals surface area (Å²) in [6, 6.07) is 1.16. The van der Waals surface area contributed by atoms with Crippen molar-refractivity contribution < 1.29 is 14.7 Å². The van der Waals surface area contributed by atoms with Gasteiger partial charge in [-0.05, 0) is 18.6 Å². The van der Waals surface area contributed by atoms with Gasteiger partial charge in [-0.2, -0.15) is 0 Å². The number of carboxylic acid groups (broad SMARTS) is 1. The monoisotopic (exact) mass is 209 g/mol. The molecular weight excluding hydrogens is 198 g/mol. The minimum Gasteiger partial charge on any atom is -0.480 e. The number of carbonyl (C=O) groups excluding carboxylic acids is 1. The summed E-state index contributed by atoms with van der Waals surface area (Å²) in [6.07, 6.45) is 3.13. The van der Waals surface area contributed by atoms with Crippen molar-refractivity contribution in [3.63, 3.8) is 0 Å². The number of carboxylic acids is 1. The van der Waals surface area contributed by atoms with Crippen LogP contribution in [0.25, 0.3) is 0 Å². The number of anilines is 1. The molecule has 2 amide bonds. The summed E-state index contributed by atoms with van der Waals surface area (Å²) in [6.45, 7) is 1.43. The highest BCUT2D eigenvalue weighted by molar-refractivity contribution is 5.91. The van der Waals surface area contributed by atoms with Crippen LogP contribution in [0.5, 0.6) is 0 Å². The first-order chi connectivity index (χ1) is 7.08. The van der Waals surface area contributed by atoms with Gasteiger partial charge in [0.05, 0.1) is 11.9 Å². The van der Waals surface area contributed by atoms with Gasteiger partial charge in [-0.1, -0.05) is 0 Å². The molecule has 1 aromatic heterocycles. The molecule has 0 aliphatic carbocycles. The van der Waals surface area contributed by atoms with Crippen molar-refractivity contribution in [1.29, 1.82) is 0 Å². The molecule has 0 bridgehead atoms. The van der Waals surface area contributed by atoms with E-state index in [0.717, 1.165) is 5.56 Å². The molecule has 6 heteroatoms. The third kappa shape index (κ3) is 4.08. The molecule has 0 aliphatic rings. The molecule has 0 radical (unpaired) electrons. The standard InChI is InChI=1S/C9H11N3O3/c1-6-2-7(4-10-3-6)12-9(15)11-5-8(13)14/h2-4H,5H2,1H3,(H,13,14)(H2,11,12,15). The Balaban J connectivity index is 2.48. The van der Waals surface area contributed by atoms with E-state index in [1.165, 1.54) is 6.20 Å². The fourth-order valence-electron chi connectivity index (χ4n) is 0.954. The number of hydrogen-bond donors (Lipinski definition) is 3. The topological polar surface area (TPSA) is 91.3 Å². The molecule has 0 fully saturated rings. The maximum atomic E-state index is 11.1. The minimum absolute atomic E-state index is 0.412. The second kappa shape index (κ2) is 4.94. The maximum Gasteiger partial charge on any atom is 0.323 e. The van der Waals surface area contributed by atoms with Crippen LogP contribution >= 0.6 is 0 Å². The first-order valence-corrected chi connectivity index (χ1v) is 4.26. The van der Waals surface area contributed by atoms with Crippen LogP contribution in [-0.2, 0) is 4.79 Å². The lowest BCUT2D eigenvalue weighted by atomic mass is 10.3. The lowest BCUT2D eigenvalue weighted by Crippen LogP contribution is -2.33. The van der Waals surface area contributed by atoms with Crippen LogP contribution in [0.2, 0.25) is 0 Å². The average Bonchev–Trinajstić information content (AvgIpc) is 2.15. The Bertz CT molecular complexity index is 379. The van der Waals surface area contributed by atoms with Crippen LogP contribution < -0.4 is 10.6 Å². The van der Waals surface area contributed by atoms with Crippen LogP contribution in [0.4, 0.5) is 10.5 Å². The largest absolute Gasteiger partial charge is 0.480 e. The second-order valence-electron chi connectivity index (χ2n) is 2.95. The Morgan fingerprint density at radius 1 is 1.47 bits per heavy atom. The number of pyridine rings is 1. The molecule has 80 valence electrons. The molecule has 0 aliphatic heterocycles. The summed E-state index contributed by atoms with van der Waals surface area (Å²) >= 11 is 0. The van der Waals surface area contributed by atoms with Gasteiger partial charge in [0.25, 0.3) is 0 Å². The maximum absolute atomic E-state index is 11.1. The van der Waals surface area contributed by atoms with Gasteiger partial charge in [0, 0.05) is 6.20 Å². The molecule has 15 heavy (non-hydrogen) atoms. The Morgan fingerprint density at radius 2 is 2.20 bits per heavy atom. The smallest absolute Gasteiger partial charge is 0.323 e. The summed E-state index contributed by atoms with van der Waals surface area (Å²) in [5.41, 5.74) is 1.43. The number of aryl methyl sites for hydroxylation is 1. The molecule has 1 rings (SSSR count). The Labute approximate surface area is 86.3 Å². The highest BCUT2D eigenvalue weighted by Gasteiger charge is 2.03. The SMILES string of the molecule is Cc1cncc(NC(=O)NCC(=O)O)c1. The molecule has 1 aromatic rings. The number of rotatable bonds is 3. The Kier molecular flexibility index (Phi) is 3.61. The van der Waals surface area contributed by atoms with E-state index in [4.69, 9.17) is 5.11 Å². The lowest BCUT2D eigenvalue weighted by molar-refractivity contribution is -0.135. The van der Waals surface area contributed by atoms with Crippen molar-refractivity contribution in [1.82, 2.24) is 10.3 Å². The highest BCUT2D eigenvalue weighted by atomic mass is 16.4. The number of amides is 2. The zero-order valence-corrected chi connectivity index (χ0v) is 8.15. The van der Waals surface area contributed by atoms with Crippen molar-refractivity contribution >= 4 is 17.7 Å². The second-order valence-corrected chi connectivity index (χ2v) is 2.95. The molecule has 1 heterocycles. The highest BCUT2D eigenvalue weighted by Crippen LogP contribution is 2.06. The quantitative estimate of drug-likeness (QED) is 0.679. The number of aromatic nitrogens is 1. The fourth-order valence-corrected chi connectivity index (χ4v) is 0.954. The first-order valence-electron chi connectivity index (χ1n) is 4.26. The van der Waals surface area contributed by atoms with E-state index in [-0.39, 0.29) is 0 Å². The van der Waals surface area contributed by atoms with Crippen LogP contribution in [0.3, 0.4) is 0 Å². The summed E-state index contributed by atoms with van der Waals surface area (Å²) in [7, 11) is 0. The Hall–Kier alpha value is -2.11. The zero-order valence-electron chi connectivity index (χ0n) is 8.15. The first kappa shape index (κ1) is 11.0. The van der Waals surface area contributed by atoms with Crippen molar-refractivity contribution in [2.75, 3.05) is 11.9 Å². The lowest BCUT2D eigenvalue weighted by Gasteiger charge is -2.05. The van der Waals surface area contributed by atoms with Gasteiger partial charge in [-0.15, -0.1) is 0 Å².